The number of anilines is 1. The van der Waals surface area contributed by atoms with E-state index in [0.29, 0.717) is 24.3 Å². The number of aryl methyl sites for hydroxylation is 2. The van der Waals surface area contributed by atoms with Crippen LogP contribution in [0.15, 0.2) is 6.33 Å². The Kier molecular flexibility index (Phi) is 3.71. The van der Waals surface area contributed by atoms with Crippen LogP contribution in [0.25, 0.3) is 0 Å². The van der Waals surface area contributed by atoms with Gasteiger partial charge in [-0.1, -0.05) is 0 Å². The molecule has 2 aromatic rings. The standard InChI is InChI=1S/C12H15N7/c1-8-9(2)16-18-12(10(8)6-13)14-5-4-11-17-15-7-19(11)3/h7H,4-5H2,1-3H3,(H,14,18). The molecule has 98 valence electrons. The van der Waals surface area contributed by atoms with E-state index in [1.54, 1.807) is 6.33 Å². The average Bonchev–Trinajstić information content (AvgIpc) is 2.80. The largest absolute Gasteiger partial charge is 0.367 e. The minimum atomic E-state index is 0.521. The summed E-state index contributed by atoms with van der Waals surface area (Å²) in [4.78, 5) is 0. The normalized spacial score (nSPS) is 10.2. The monoisotopic (exact) mass is 257 g/mol. The zero-order valence-corrected chi connectivity index (χ0v) is 11.2. The fraction of sp³-hybridized carbons (Fsp3) is 0.417. The maximum atomic E-state index is 9.17. The molecule has 2 heterocycles. The Balaban J connectivity index is 2.07. The Morgan fingerprint density at radius 2 is 2.11 bits per heavy atom. The van der Waals surface area contributed by atoms with Crippen LogP contribution >= 0.6 is 0 Å². The summed E-state index contributed by atoms with van der Waals surface area (Å²) in [6.45, 7) is 4.33. The van der Waals surface area contributed by atoms with Crippen molar-refractivity contribution in [2.24, 2.45) is 7.05 Å². The molecule has 7 heteroatoms. The number of aromatic nitrogens is 5. The first-order valence-electron chi connectivity index (χ1n) is 5.94. The van der Waals surface area contributed by atoms with Crippen LogP contribution in [0.5, 0.6) is 0 Å². The van der Waals surface area contributed by atoms with E-state index < -0.39 is 0 Å². The zero-order chi connectivity index (χ0) is 13.8. The SMILES string of the molecule is Cc1nnc(NCCc2nncn2C)c(C#N)c1C. The molecule has 1 N–H and O–H groups in total. The molecule has 0 aliphatic rings. The molecule has 19 heavy (non-hydrogen) atoms. The van der Waals surface area contributed by atoms with Crippen molar-refractivity contribution in [2.45, 2.75) is 20.3 Å². The van der Waals surface area contributed by atoms with Crippen LogP contribution < -0.4 is 5.32 Å². The number of nitrogens with one attached hydrogen (secondary N) is 1. The molecule has 0 radical (unpaired) electrons. The maximum absolute atomic E-state index is 9.17. The van der Waals surface area contributed by atoms with Gasteiger partial charge < -0.3 is 9.88 Å². The number of rotatable bonds is 4. The first kappa shape index (κ1) is 13.0. The Labute approximate surface area is 111 Å². The van der Waals surface area contributed by atoms with Crippen molar-refractivity contribution in [1.82, 2.24) is 25.0 Å². The zero-order valence-electron chi connectivity index (χ0n) is 11.2. The number of nitriles is 1. The third-order valence-electron chi connectivity index (χ3n) is 3.01. The van der Waals surface area contributed by atoms with Crippen molar-refractivity contribution in [3.8, 4) is 6.07 Å². The van der Waals surface area contributed by atoms with Gasteiger partial charge in [0.2, 0.25) is 0 Å². The molecular weight excluding hydrogens is 242 g/mol. The Bertz CT molecular complexity index is 623. The molecule has 0 aromatic carbocycles. The predicted molar refractivity (Wildman–Crippen MR) is 69.4 cm³/mol. The van der Waals surface area contributed by atoms with Gasteiger partial charge in [-0.05, 0) is 19.4 Å². The van der Waals surface area contributed by atoms with Gasteiger partial charge in [-0.3, -0.25) is 0 Å². The van der Waals surface area contributed by atoms with Crippen LogP contribution in [0.2, 0.25) is 0 Å². The summed E-state index contributed by atoms with van der Waals surface area (Å²) >= 11 is 0. The first-order valence-corrected chi connectivity index (χ1v) is 5.94. The third kappa shape index (κ3) is 2.68. The number of nitrogens with zero attached hydrogens (tertiary/aromatic N) is 6. The average molecular weight is 257 g/mol. The van der Waals surface area contributed by atoms with Crippen molar-refractivity contribution >= 4 is 5.82 Å². The Hall–Kier alpha value is -2.49. The van der Waals surface area contributed by atoms with Gasteiger partial charge in [-0.25, -0.2) is 0 Å². The molecule has 0 aliphatic heterocycles. The summed E-state index contributed by atoms with van der Waals surface area (Å²) < 4.78 is 1.86. The molecule has 0 saturated carbocycles. The molecule has 2 rings (SSSR count). The van der Waals surface area contributed by atoms with Crippen LogP contribution in [0, 0.1) is 25.2 Å². The summed E-state index contributed by atoms with van der Waals surface area (Å²) in [5.74, 6) is 1.40. The second-order valence-electron chi connectivity index (χ2n) is 4.28. The molecule has 0 fully saturated rings. The number of hydrogen-bond donors (Lipinski definition) is 1. The van der Waals surface area contributed by atoms with E-state index in [1.807, 2.05) is 25.5 Å². The summed E-state index contributed by atoms with van der Waals surface area (Å²) in [6.07, 6.45) is 2.36. The lowest BCUT2D eigenvalue weighted by Crippen LogP contribution is -2.12. The molecule has 0 bridgehead atoms. The second-order valence-corrected chi connectivity index (χ2v) is 4.28. The predicted octanol–water partition coefficient (Wildman–Crippen LogP) is 0.748. The second kappa shape index (κ2) is 5.44. The van der Waals surface area contributed by atoms with Gasteiger partial charge in [0.1, 0.15) is 23.8 Å². The Morgan fingerprint density at radius 3 is 2.74 bits per heavy atom. The van der Waals surface area contributed by atoms with Gasteiger partial charge in [-0.2, -0.15) is 10.4 Å². The lowest BCUT2D eigenvalue weighted by atomic mass is 10.1. The highest BCUT2D eigenvalue weighted by molar-refractivity contribution is 5.55. The van der Waals surface area contributed by atoms with Gasteiger partial charge in [-0.15, -0.1) is 15.3 Å². The molecule has 0 aliphatic carbocycles. The van der Waals surface area contributed by atoms with E-state index in [1.165, 1.54) is 0 Å². The molecular formula is C12H15N7. The van der Waals surface area contributed by atoms with E-state index in [0.717, 1.165) is 17.1 Å². The molecule has 0 spiro atoms. The van der Waals surface area contributed by atoms with Crippen LogP contribution in [0.4, 0.5) is 5.82 Å². The van der Waals surface area contributed by atoms with Crippen molar-refractivity contribution in [3.63, 3.8) is 0 Å². The fourth-order valence-electron chi connectivity index (χ4n) is 1.70. The van der Waals surface area contributed by atoms with E-state index in [9.17, 15) is 0 Å². The van der Waals surface area contributed by atoms with Crippen molar-refractivity contribution in [3.05, 3.63) is 29.0 Å². The van der Waals surface area contributed by atoms with E-state index >= 15 is 0 Å². The van der Waals surface area contributed by atoms with Gasteiger partial charge in [0.15, 0.2) is 5.82 Å². The molecule has 0 unspecified atom stereocenters. The molecule has 0 saturated heterocycles. The van der Waals surface area contributed by atoms with Gasteiger partial charge in [0.05, 0.1) is 5.69 Å². The highest BCUT2D eigenvalue weighted by Gasteiger charge is 2.10. The van der Waals surface area contributed by atoms with Crippen LogP contribution in [-0.2, 0) is 13.5 Å². The van der Waals surface area contributed by atoms with Gasteiger partial charge in [0.25, 0.3) is 0 Å². The fourth-order valence-corrected chi connectivity index (χ4v) is 1.70. The summed E-state index contributed by atoms with van der Waals surface area (Å²) in [5, 5.41) is 28.1. The van der Waals surface area contributed by atoms with Crippen molar-refractivity contribution in [1.29, 1.82) is 5.26 Å². The lowest BCUT2D eigenvalue weighted by molar-refractivity contribution is 0.785. The molecule has 0 amide bonds. The minimum absolute atomic E-state index is 0.521. The minimum Gasteiger partial charge on any atom is -0.367 e. The van der Waals surface area contributed by atoms with E-state index in [2.05, 4.69) is 31.8 Å². The molecule has 2 aromatic heterocycles. The highest BCUT2D eigenvalue weighted by atomic mass is 15.2. The van der Waals surface area contributed by atoms with Gasteiger partial charge >= 0.3 is 0 Å². The smallest absolute Gasteiger partial charge is 0.166 e. The van der Waals surface area contributed by atoms with Gasteiger partial charge in [0, 0.05) is 20.0 Å². The quantitative estimate of drug-likeness (QED) is 0.868. The van der Waals surface area contributed by atoms with E-state index in [-0.39, 0.29) is 0 Å². The highest BCUT2D eigenvalue weighted by Crippen LogP contribution is 2.16. The van der Waals surface area contributed by atoms with Crippen LogP contribution in [-0.4, -0.2) is 31.5 Å². The van der Waals surface area contributed by atoms with Crippen LogP contribution in [0.1, 0.15) is 22.6 Å². The van der Waals surface area contributed by atoms with Crippen LogP contribution in [0.3, 0.4) is 0 Å². The number of hydrogen-bond acceptors (Lipinski definition) is 6. The summed E-state index contributed by atoms with van der Waals surface area (Å²) in [5.41, 5.74) is 2.18. The van der Waals surface area contributed by atoms with E-state index in [4.69, 9.17) is 5.26 Å². The topological polar surface area (TPSA) is 92.3 Å². The molecule has 0 atom stereocenters. The summed E-state index contributed by atoms with van der Waals surface area (Å²) in [7, 11) is 1.89. The third-order valence-corrected chi connectivity index (χ3v) is 3.01. The maximum Gasteiger partial charge on any atom is 0.166 e. The van der Waals surface area contributed by atoms with Crippen molar-refractivity contribution in [2.75, 3.05) is 11.9 Å². The summed E-state index contributed by atoms with van der Waals surface area (Å²) in [6, 6.07) is 2.16. The Morgan fingerprint density at radius 1 is 1.32 bits per heavy atom. The van der Waals surface area contributed by atoms with Crippen molar-refractivity contribution < 1.29 is 0 Å². The first-order chi connectivity index (χ1) is 9.13. The lowest BCUT2D eigenvalue weighted by Gasteiger charge is -2.09. The molecule has 7 nitrogen and oxygen atoms in total.